The number of hydrogen-bond donors (Lipinski definition) is 2. The highest BCUT2D eigenvalue weighted by atomic mass is 16.5. The van der Waals surface area contributed by atoms with E-state index in [1.807, 2.05) is 28.0 Å². The van der Waals surface area contributed by atoms with Crippen molar-refractivity contribution < 1.29 is 38.3 Å². The lowest BCUT2D eigenvalue weighted by Crippen LogP contribution is -2.54. The van der Waals surface area contributed by atoms with Gasteiger partial charge in [0.15, 0.2) is 11.5 Å². The fourth-order valence-electron chi connectivity index (χ4n) is 9.79. The van der Waals surface area contributed by atoms with Crippen LogP contribution in [-0.2, 0) is 19.2 Å². The molecule has 4 fully saturated rings. The van der Waals surface area contributed by atoms with Gasteiger partial charge in [0.1, 0.15) is 11.8 Å². The summed E-state index contributed by atoms with van der Waals surface area (Å²) in [5, 5.41) is 14.0. The Hall–Kier alpha value is -6.56. The van der Waals surface area contributed by atoms with Crippen LogP contribution in [0.5, 0.6) is 5.75 Å². The number of pyridine rings is 1. The molecule has 18 heteroatoms. The van der Waals surface area contributed by atoms with E-state index in [1.165, 1.54) is 12.1 Å². The average Bonchev–Trinajstić information content (AvgIpc) is 3.62. The van der Waals surface area contributed by atoms with Gasteiger partial charge >= 0.3 is 0 Å². The third kappa shape index (κ3) is 11.7. The van der Waals surface area contributed by atoms with Gasteiger partial charge in [0.25, 0.3) is 17.7 Å². The van der Waals surface area contributed by atoms with Gasteiger partial charge in [-0.3, -0.25) is 53.7 Å². The van der Waals surface area contributed by atoms with Crippen molar-refractivity contribution in [2.45, 2.75) is 89.1 Å². The number of piperazine rings is 1. The van der Waals surface area contributed by atoms with E-state index in [2.05, 4.69) is 35.6 Å². The normalized spacial score (nSPS) is 19.8. The van der Waals surface area contributed by atoms with Crippen LogP contribution >= 0.6 is 0 Å². The Balaban J connectivity index is 0.678. The topological polar surface area (TPSA) is 208 Å². The molecule has 1 atom stereocenters. The number of fused-ring (bicyclic) bond motifs is 1. The monoisotopic (exact) mass is 916 g/mol. The summed E-state index contributed by atoms with van der Waals surface area (Å²) in [6.45, 7) is 6.99. The molecule has 2 aromatic heterocycles. The number of likely N-dealkylation sites (tertiary alicyclic amines) is 1. The molecule has 5 aliphatic heterocycles. The van der Waals surface area contributed by atoms with Crippen LogP contribution in [0.15, 0.2) is 60.9 Å². The minimum Gasteiger partial charge on any atom is -0.493 e. The van der Waals surface area contributed by atoms with E-state index in [1.54, 1.807) is 36.7 Å². The highest BCUT2D eigenvalue weighted by Crippen LogP contribution is 2.34. The molecule has 5 aliphatic rings. The third-order valence-electron chi connectivity index (χ3n) is 13.7. The van der Waals surface area contributed by atoms with Crippen LogP contribution in [0.3, 0.4) is 0 Å². The molecule has 67 heavy (non-hydrogen) atoms. The Kier molecular flexibility index (Phi) is 15.6. The zero-order valence-corrected chi connectivity index (χ0v) is 38.0. The van der Waals surface area contributed by atoms with Crippen LogP contribution in [0.2, 0.25) is 0 Å². The summed E-state index contributed by atoms with van der Waals surface area (Å²) >= 11 is 0. The predicted octanol–water partition coefficient (Wildman–Crippen LogP) is 3.49. The van der Waals surface area contributed by atoms with Gasteiger partial charge < -0.3 is 24.8 Å². The number of anilines is 1. The van der Waals surface area contributed by atoms with Gasteiger partial charge in [-0.05, 0) is 99.3 Å². The molecule has 3 aromatic rings. The SMILES string of the molecule is O=C(/C=C/c1cccnc1)NCCCCC1CCN(C(=O)c2ccc(N3CCC(N4CCN(C(=O)CCCCOc5cccc6c5C(=O)N(C5CCC(=O)NC5=O)C6=O)CC4)CC3)nn2)CC1. The number of benzene rings is 1. The first-order chi connectivity index (χ1) is 32.6. The first kappa shape index (κ1) is 47.0. The maximum atomic E-state index is 13.3. The van der Waals surface area contributed by atoms with Gasteiger partial charge in [0.05, 0.1) is 17.7 Å². The van der Waals surface area contributed by atoms with Crippen molar-refractivity contribution in [1.82, 2.24) is 45.4 Å². The van der Waals surface area contributed by atoms with E-state index in [4.69, 9.17) is 4.74 Å². The van der Waals surface area contributed by atoms with Crippen molar-refractivity contribution in [3.63, 3.8) is 0 Å². The zero-order chi connectivity index (χ0) is 46.7. The second kappa shape index (κ2) is 22.3. The Bertz CT molecular complexity index is 2300. The minimum absolute atomic E-state index is 0.0463. The minimum atomic E-state index is -1.05. The van der Waals surface area contributed by atoms with Crippen LogP contribution < -0.4 is 20.3 Å². The molecule has 4 saturated heterocycles. The summed E-state index contributed by atoms with van der Waals surface area (Å²) in [6, 6.07) is 11.6. The van der Waals surface area contributed by atoms with Crippen LogP contribution in [-0.4, -0.2) is 154 Å². The summed E-state index contributed by atoms with van der Waals surface area (Å²) < 4.78 is 5.94. The lowest BCUT2D eigenvalue weighted by atomic mass is 9.91. The summed E-state index contributed by atoms with van der Waals surface area (Å²) in [6.07, 6.45) is 15.3. The van der Waals surface area contributed by atoms with Crippen LogP contribution in [0.1, 0.15) is 114 Å². The van der Waals surface area contributed by atoms with E-state index in [0.29, 0.717) is 69.6 Å². The van der Waals surface area contributed by atoms with Gasteiger partial charge in [0.2, 0.25) is 23.6 Å². The van der Waals surface area contributed by atoms with Crippen LogP contribution in [0, 0.1) is 5.92 Å². The summed E-state index contributed by atoms with van der Waals surface area (Å²) in [5.41, 5.74) is 1.55. The number of hydrogen-bond acceptors (Lipinski definition) is 13. The maximum Gasteiger partial charge on any atom is 0.274 e. The van der Waals surface area contributed by atoms with Crippen molar-refractivity contribution in [2.75, 3.05) is 70.4 Å². The van der Waals surface area contributed by atoms with E-state index >= 15 is 0 Å². The van der Waals surface area contributed by atoms with Crippen molar-refractivity contribution in [3.05, 3.63) is 83.3 Å². The predicted molar refractivity (Wildman–Crippen MR) is 247 cm³/mol. The first-order valence-electron chi connectivity index (χ1n) is 23.9. The fourth-order valence-corrected chi connectivity index (χ4v) is 9.79. The molecule has 2 N–H and O–H groups in total. The largest absolute Gasteiger partial charge is 0.493 e. The maximum absolute atomic E-state index is 13.3. The second-order valence-electron chi connectivity index (χ2n) is 18.0. The summed E-state index contributed by atoms with van der Waals surface area (Å²) in [7, 11) is 0. The molecule has 0 bridgehead atoms. The zero-order valence-electron chi connectivity index (χ0n) is 38.0. The third-order valence-corrected chi connectivity index (χ3v) is 13.7. The molecule has 0 aliphatic carbocycles. The number of imide groups is 2. The molecule has 354 valence electrons. The Morgan fingerprint density at radius 3 is 2.33 bits per heavy atom. The van der Waals surface area contributed by atoms with Crippen LogP contribution in [0.25, 0.3) is 6.08 Å². The molecular formula is C49H60N10O8. The Labute approximate surface area is 390 Å². The van der Waals surface area contributed by atoms with Gasteiger partial charge in [-0.1, -0.05) is 25.0 Å². The highest BCUT2D eigenvalue weighted by Gasteiger charge is 2.46. The van der Waals surface area contributed by atoms with E-state index < -0.39 is 29.7 Å². The van der Waals surface area contributed by atoms with E-state index in [0.717, 1.165) is 87.4 Å². The molecule has 0 radical (unpaired) electrons. The van der Waals surface area contributed by atoms with Crippen molar-refractivity contribution in [3.8, 4) is 5.75 Å². The number of nitrogens with zero attached hydrogens (tertiary/aromatic N) is 8. The number of carbonyl (C=O) groups is 7. The second-order valence-corrected chi connectivity index (χ2v) is 18.0. The number of ether oxygens (including phenoxy) is 1. The highest BCUT2D eigenvalue weighted by molar-refractivity contribution is 6.24. The van der Waals surface area contributed by atoms with Gasteiger partial charge in [-0.15, -0.1) is 10.2 Å². The number of rotatable bonds is 17. The first-order valence-corrected chi connectivity index (χ1v) is 23.9. The molecule has 0 spiro atoms. The Morgan fingerprint density at radius 2 is 1.60 bits per heavy atom. The van der Waals surface area contributed by atoms with Gasteiger partial charge in [0, 0.05) is 96.3 Å². The lowest BCUT2D eigenvalue weighted by Gasteiger charge is -2.43. The molecule has 7 heterocycles. The fraction of sp³-hybridized carbons (Fsp3) is 0.510. The van der Waals surface area contributed by atoms with Crippen molar-refractivity contribution in [1.29, 1.82) is 0 Å². The van der Waals surface area contributed by atoms with Crippen LogP contribution in [0.4, 0.5) is 5.82 Å². The number of unbranched alkanes of at least 4 members (excludes halogenated alkanes) is 2. The number of nitrogens with one attached hydrogen (secondary N) is 2. The Morgan fingerprint density at radius 1 is 0.791 bits per heavy atom. The molecule has 8 rings (SSSR count). The van der Waals surface area contributed by atoms with Gasteiger partial charge in [-0.25, -0.2) is 0 Å². The van der Waals surface area contributed by atoms with Crippen molar-refractivity contribution in [2.24, 2.45) is 5.92 Å². The standard InChI is InChI=1S/C49H60N10O8/c60-42(16-12-35-8-6-22-50-33-35)51-23-3-1-7-34-18-24-58(25-19-34)48(65)38-13-15-41(54-53-38)56-26-20-36(21-27-56)55-28-30-57(31-29-55)44(62)11-2-4-32-67-40-10-5-9-37-45(40)49(66)59(47(37)64)39-14-17-43(61)52-46(39)63/h5-6,8-10,12-13,15-16,22,33-34,36,39H,1-4,7,11,14,17-21,23-32H2,(H,51,60)(H,52,61,63)/b16-12+. The summed E-state index contributed by atoms with van der Waals surface area (Å²) in [4.78, 5) is 103. The smallest absolute Gasteiger partial charge is 0.274 e. The molecule has 1 aromatic carbocycles. The molecule has 18 nitrogen and oxygen atoms in total. The van der Waals surface area contributed by atoms with Gasteiger partial charge in [-0.2, -0.15) is 0 Å². The summed E-state index contributed by atoms with van der Waals surface area (Å²) in [5.74, 6) is -0.744. The number of carbonyl (C=O) groups excluding carboxylic acids is 7. The lowest BCUT2D eigenvalue weighted by molar-refractivity contribution is -0.136. The molecule has 1 unspecified atom stereocenters. The number of aromatic nitrogens is 3. The molecule has 0 saturated carbocycles. The quantitative estimate of drug-likeness (QED) is 0.113. The average molecular weight is 917 g/mol. The number of amides is 7. The van der Waals surface area contributed by atoms with Crippen molar-refractivity contribution >= 4 is 53.2 Å². The molecular weight excluding hydrogens is 857 g/mol. The molecule has 7 amide bonds. The van der Waals surface area contributed by atoms with E-state index in [9.17, 15) is 33.6 Å². The number of piperidine rings is 3. The van der Waals surface area contributed by atoms with E-state index in [-0.39, 0.29) is 54.0 Å².